The number of aromatic amines is 1. The molecule has 0 saturated carbocycles. The number of nitrogens with zero attached hydrogens (tertiary/aromatic N) is 2. The highest BCUT2D eigenvalue weighted by Crippen LogP contribution is 2.36. The van der Waals surface area contributed by atoms with Crippen LogP contribution in [0.1, 0.15) is 19.0 Å². The van der Waals surface area contributed by atoms with Crippen LogP contribution in [-0.2, 0) is 0 Å². The van der Waals surface area contributed by atoms with Gasteiger partial charge < -0.3 is 9.47 Å². The maximum Gasteiger partial charge on any atom is 0.280 e. The molecule has 2 aromatic heterocycles. The molecule has 0 amide bonds. The molecule has 1 N–H and O–H groups in total. The number of nitrogens with one attached hydrogen (secondary N) is 1. The molecule has 6 nitrogen and oxygen atoms in total. The normalized spacial score (nSPS) is 11.1. The lowest BCUT2D eigenvalue weighted by Crippen LogP contribution is -2.19. The highest BCUT2D eigenvalue weighted by atomic mass is 16.5. The van der Waals surface area contributed by atoms with E-state index >= 15 is 0 Å². The number of benzene rings is 3. The Kier molecular flexibility index (Phi) is 6.10. The minimum atomic E-state index is -0.168. The second-order valence-corrected chi connectivity index (χ2v) is 8.34. The van der Waals surface area contributed by atoms with Gasteiger partial charge in [0.05, 0.1) is 36.2 Å². The van der Waals surface area contributed by atoms with E-state index in [1.807, 2.05) is 92.7 Å². The maximum atomic E-state index is 13.9. The fourth-order valence-electron chi connectivity index (χ4n) is 4.36. The summed E-state index contributed by atoms with van der Waals surface area (Å²) in [7, 11) is 1.61. The first kappa shape index (κ1) is 22.5. The molecule has 6 heteroatoms. The Morgan fingerprint density at radius 2 is 1.54 bits per heavy atom. The van der Waals surface area contributed by atoms with Crippen LogP contribution in [0.3, 0.4) is 0 Å². The smallest absolute Gasteiger partial charge is 0.280 e. The number of hydrogen-bond acceptors (Lipinski definition) is 4. The summed E-state index contributed by atoms with van der Waals surface area (Å²) < 4.78 is 12.9. The van der Waals surface area contributed by atoms with Crippen LogP contribution in [0.4, 0.5) is 0 Å². The van der Waals surface area contributed by atoms with Crippen LogP contribution in [0.5, 0.6) is 11.5 Å². The standard InChI is InChI=1S/C29H27N3O3/c1-4-17-35-24-18-22(15-16-23(24)34-3)25-19(2)30-28-26(20-11-7-5-8-12-20)27(31-32(28)29(25)33)21-13-9-6-10-14-21/h5-16,18,31H,4,17H2,1-3H3. The molecule has 0 fully saturated rings. The van der Waals surface area contributed by atoms with E-state index in [1.54, 1.807) is 11.6 Å². The third-order valence-electron chi connectivity index (χ3n) is 6.00. The molecule has 35 heavy (non-hydrogen) atoms. The number of hydrogen-bond donors (Lipinski definition) is 1. The molecule has 0 aliphatic rings. The average Bonchev–Trinajstić information content (AvgIpc) is 3.28. The van der Waals surface area contributed by atoms with Crippen LogP contribution in [0.2, 0.25) is 0 Å². The van der Waals surface area contributed by atoms with Crippen molar-refractivity contribution in [1.82, 2.24) is 14.6 Å². The lowest BCUT2D eigenvalue weighted by atomic mass is 10.0. The van der Waals surface area contributed by atoms with Crippen molar-refractivity contribution in [2.75, 3.05) is 13.7 Å². The lowest BCUT2D eigenvalue weighted by Gasteiger charge is -2.13. The number of rotatable bonds is 7. The molecule has 5 aromatic rings. The minimum absolute atomic E-state index is 0.168. The predicted molar refractivity (Wildman–Crippen MR) is 139 cm³/mol. The van der Waals surface area contributed by atoms with Gasteiger partial charge in [0, 0.05) is 5.56 Å². The Hall–Kier alpha value is -4.32. The summed E-state index contributed by atoms with van der Waals surface area (Å²) in [5, 5.41) is 3.34. The molecule has 176 valence electrons. The van der Waals surface area contributed by atoms with Crippen LogP contribution < -0.4 is 15.0 Å². The Labute approximate surface area is 203 Å². The second-order valence-electron chi connectivity index (χ2n) is 8.34. The van der Waals surface area contributed by atoms with E-state index in [1.165, 1.54) is 0 Å². The quantitative estimate of drug-likeness (QED) is 0.314. The number of ether oxygens (including phenoxy) is 2. The summed E-state index contributed by atoms with van der Waals surface area (Å²) in [5.74, 6) is 1.24. The fourth-order valence-corrected chi connectivity index (χ4v) is 4.36. The monoisotopic (exact) mass is 465 g/mol. The van der Waals surface area contributed by atoms with Crippen molar-refractivity contribution >= 4 is 5.65 Å². The Balaban J connectivity index is 1.76. The van der Waals surface area contributed by atoms with Gasteiger partial charge in [0.25, 0.3) is 5.56 Å². The SMILES string of the molecule is CCCOc1cc(-c2c(C)nc3c(-c4ccccc4)c(-c4ccccc4)[nH]n3c2=O)ccc1OC. The maximum absolute atomic E-state index is 13.9. The molecular weight excluding hydrogens is 438 g/mol. The van der Waals surface area contributed by atoms with Gasteiger partial charge in [-0.05, 0) is 36.6 Å². The minimum Gasteiger partial charge on any atom is -0.493 e. The van der Waals surface area contributed by atoms with Crippen LogP contribution in [0, 0.1) is 6.92 Å². The summed E-state index contributed by atoms with van der Waals surface area (Å²) in [6.07, 6.45) is 0.871. The van der Waals surface area contributed by atoms with E-state index in [-0.39, 0.29) is 5.56 Å². The van der Waals surface area contributed by atoms with Gasteiger partial charge in [-0.2, -0.15) is 4.52 Å². The Morgan fingerprint density at radius 1 is 0.857 bits per heavy atom. The highest BCUT2D eigenvalue weighted by molar-refractivity contribution is 5.91. The van der Waals surface area contributed by atoms with Crippen molar-refractivity contribution in [3.05, 3.63) is 94.9 Å². The molecule has 0 radical (unpaired) electrons. The van der Waals surface area contributed by atoms with Crippen LogP contribution in [-0.4, -0.2) is 28.3 Å². The van der Waals surface area contributed by atoms with Gasteiger partial charge in [0.15, 0.2) is 17.1 Å². The van der Waals surface area contributed by atoms with Gasteiger partial charge in [-0.15, -0.1) is 0 Å². The van der Waals surface area contributed by atoms with Gasteiger partial charge >= 0.3 is 0 Å². The number of aromatic nitrogens is 3. The summed E-state index contributed by atoms with van der Waals surface area (Å²) in [6, 6.07) is 25.6. The average molecular weight is 466 g/mol. The summed E-state index contributed by atoms with van der Waals surface area (Å²) in [4.78, 5) is 18.8. The highest BCUT2D eigenvalue weighted by Gasteiger charge is 2.21. The molecule has 3 aromatic carbocycles. The van der Waals surface area contributed by atoms with Crippen molar-refractivity contribution in [2.24, 2.45) is 0 Å². The molecule has 2 heterocycles. The van der Waals surface area contributed by atoms with Crippen molar-refractivity contribution < 1.29 is 9.47 Å². The summed E-state index contributed by atoms with van der Waals surface area (Å²) in [6.45, 7) is 4.48. The molecule has 0 aliphatic heterocycles. The number of methoxy groups -OCH3 is 1. The van der Waals surface area contributed by atoms with E-state index in [2.05, 4.69) is 5.10 Å². The van der Waals surface area contributed by atoms with Gasteiger partial charge in [0.2, 0.25) is 0 Å². The van der Waals surface area contributed by atoms with Gasteiger partial charge in [-0.3, -0.25) is 9.89 Å². The van der Waals surface area contributed by atoms with E-state index in [0.29, 0.717) is 35.0 Å². The lowest BCUT2D eigenvalue weighted by molar-refractivity contribution is 0.294. The number of aryl methyl sites for hydroxylation is 1. The molecule has 0 unspecified atom stereocenters. The van der Waals surface area contributed by atoms with Crippen molar-refractivity contribution in [3.8, 4) is 45.0 Å². The first-order valence-electron chi connectivity index (χ1n) is 11.7. The molecule has 0 spiro atoms. The Morgan fingerprint density at radius 3 is 2.20 bits per heavy atom. The largest absolute Gasteiger partial charge is 0.493 e. The molecule has 0 saturated heterocycles. The van der Waals surface area contributed by atoms with E-state index in [4.69, 9.17) is 14.5 Å². The number of fused-ring (bicyclic) bond motifs is 1. The molecule has 5 rings (SSSR count). The molecule has 0 atom stereocenters. The van der Waals surface area contributed by atoms with Crippen LogP contribution in [0.15, 0.2) is 83.7 Å². The topological polar surface area (TPSA) is 68.6 Å². The number of H-pyrrole nitrogens is 1. The van der Waals surface area contributed by atoms with E-state index < -0.39 is 0 Å². The first-order valence-corrected chi connectivity index (χ1v) is 11.7. The molecular formula is C29H27N3O3. The fraction of sp³-hybridized carbons (Fsp3) is 0.172. The predicted octanol–water partition coefficient (Wildman–Crippen LogP) is 6.13. The summed E-state index contributed by atoms with van der Waals surface area (Å²) in [5.41, 5.74) is 6.04. The summed E-state index contributed by atoms with van der Waals surface area (Å²) >= 11 is 0. The van der Waals surface area contributed by atoms with E-state index in [0.717, 1.165) is 34.4 Å². The zero-order valence-corrected chi connectivity index (χ0v) is 20.0. The Bertz CT molecular complexity index is 1540. The van der Waals surface area contributed by atoms with Crippen LogP contribution >= 0.6 is 0 Å². The zero-order chi connectivity index (χ0) is 24.4. The molecule has 0 aliphatic carbocycles. The third-order valence-corrected chi connectivity index (χ3v) is 6.00. The van der Waals surface area contributed by atoms with Crippen molar-refractivity contribution in [3.63, 3.8) is 0 Å². The van der Waals surface area contributed by atoms with Gasteiger partial charge in [0.1, 0.15) is 0 Å². The van der Waals surface area contributed by atoms with E-state index in [9.17, 15) is 4.79 Å². The van der Waals surface area contributed by atoms with Crippen molar-refractivity contribution in [2.45, 2.75) is 20.3 Å². The van der Waals surface area contributed by atoms with Crippen molar-refractivity contribution in [1.29, 1.82) is 0 Å². The zero-order valence-electron chi connectivity index (χ0n) is 20.0. The van der Waals surface area contributed by atoms with Crippen LogP contribution in [0.25, 0.3) is 39.2 Å². The van der Waals surface area contributed by atoms with Gasteiger partial charge in [-0.25, -0.2) is 4.98 Å². The third kappa shape index (κ3) is 4.08. The second kappa shape index (κ2) is 9.50. The first-order chi connectivity index (χ1) is 17.1. The van der Waals surface area contributed by atoms with Gasteiger partial charge in [-0.1, -0.05) is 73.7 Å². The molecule has 0 bridgehead atoms.